The van der Waals surface area contributed by atoms with Crippen LogP contribution in [-0.2, 0) is 35.9 Å². The van der Waals surface area contributed by atoms with Crippen molar-refractivity contribution in [3.63, 3.8) is 0 Å². The second-order valence-corrected chi connectivity index (χ2v) is 16.9. The van der Waals surface area contributed by atoms with Gasteiger partial charge >= 0.3 is 6.80 Å². The number of halogens is 1. The van der Waals surface area contributed by atoms with Crippen LogP contribution in [0.4, 0.5) is 10.0 Å². The van der Waals surface area contributed by atoms with E-state index in [1.165, 1.54) is 6.33 Å². The fourth-order valence-electron chi connectivity index (χ4n) is 6.84. The highest BCUT2D eigenvalue weighted by Gasteiger charge is 2.47. The number of nitrogens with zero attached hydrogens (tertiary/aromatic N) is 4. The van der Waals surface area contributed by atoms with Crippen LogP contribution in [-0.4, -0.2) is 64.1 Å². The molecule has 7 rings (SSSR count). The molecule has 1 aliphatic heterocycles. The normalized spacial score (nSPS) is 18.2. The molecule has 57 heavy (non-hydrogen) atoms. The average Bonchev–Trinajstić information content (AvgIpc) is 3.83. The lowest BCUT2D eigenvalue weighted by Crippen LogP contribution is -2.41. The van der Waals surface area contributed by atoms with E-state index in [0.717, 1.165) is 16.7 Å². The van der Waals surface area contributed by atoms with E-state index in [0.29, 0.717) is 28.2 Å². The molecule has 0 spiro atoms. The largest absolute Gasteiger partial charge is 0.497 e. The van der Waals surface area contributed by atoms with E-state index < -0.39 is 36.4 Å². The molecule has 1 amide bonds. The number of aromatic nitrogens is 4. The summed E-state index contributed by atoms with van der Waals surface area (Å²) < 4.78 is 54.1. The van der Waals surface area contributed by atoms with E-state index in [1.54, 1.807) is 70.2 Å². The molecular formula is C42H43FN5O7PS. The zero-order chi connectivity index (χ0) is 40.2. The molecule has 15 heteroatoms. The number of rotatable bonds is 14. The Hall–Kier alpha value is -5.08. The van der Waals surface area contributed by atoms with E-state index in [-0.39, 0.29) is 24.8 Å². The van der Waals surface area contributed by atoms with Gasteiger partial charge < -0.3 is 28.8 Å². The van der Waals surface area contributed by atoms with Crippen LogP contribution in [0.15, 0.2) is 122 Å². The third kappa shape index (κ3) is 8.91. The van der Waals surface area contributed by atoms with Crippen LogP contribution in [0.2, 0.25) is 0 Å². The Morgan fingerprint density at radius 1 is 0.860 bits per heavy atom. The Balaban J connectivity index is 1.30. The zero-order valence-corrected chi connectivity index (χ0v) is 33.8. The second-order valence-electron chi connectivity index (χ2n) is 14.3. The second kappa shape index (κ2) is 16.8. The predicted octanol–water partition coefficient (Wildman–Crippen LogP) is 8.79. The molecule has 1 saturated heterocycles. The van der Waals surface area contributed by atoms with E-state index >= 15 is 4.20 Å². The molecule has 0 aliphatic carbocycles. The van der Waals surface area contributed by atoms with Crippen molar-refractivity contribution in [1.82, 2.24) is 19.5 Å². The topological polar surface area (TPSA) is 128 Å². The first kappa shape index (κ1) is 40.1. The van der Waals surface area contributed by atoms with Gasteiger partial charge in [-0.3, -0.25) is 13.9 Å². The van der Waals surface area contributed by atoms with Gasteiger partial charge in [-0.2, -0.15) is 4.20 Å². The molecule has 0 radical (unpaired) electrons. The smallest absolute Gasteiger partial charge is 0.366 e. The van der Waals surface area contributed by atoms with Crippen molar-refractivity contribution in [2.75, 3.05) is 26.1 Å². The lowest BCUT2D eigenvalue weighted by Gasteiger charge is -2.39. The van der Waals surface area contributed by atoms with Crippen molar-refractivity contribution < 1.29 is 37.0 Å². The molecule has 0 saturated carbocycles. The predicted molar refractivity (Wildman–Crippen MR) is 218 cm³/mol. The lowest BCUT2D eigenvalue weighted by atomic mass is 9.79. The maximum atomic E-state index is 15.8. The van der Waals surface area contributed by atoms with E-state index in [4.69, 9.17) is 39.8 Å². The fourth-order valence-corrected chi connectivity index (χ4v) is 8.73. The summed E-state index contributed by atoms with van der Waals surface area (Å²) in [5.41, 5.74) is 1.55. The van der Waals surface area contributed by atoms with Crippen molar-refractivity contribution in [2.45, 2.75) is 56.8 Å². The zero-order valence-electron chi connectivity index (χ0n) is 32.1. The molecule has 12 nitrogen and oxygen atoms in total. The van der Waals surface area contributed by atoms with E-state index in [1.807, 2.05) is 84.9 Å². The van der Waals surface area contributed by atoms with Crippen LogP contribution >= 0.6 is 6.80 Å². The van der Waals surface area contributed by atoms with Crippen molar-refractivity contribution in [1.29, 1.82) is 0 Å². The molecule has 1 aliphatic rings. The summed E-state index contributed by atoms with van der Waals surface area (Å²) in [6, 6.07) is 34.0. The monoisotopic (exact) mass is 811 g/mol. The molecule has 1 N–H and O–H groups in total. The van der Waals surface area contributed by atoms with Crippen LogP contribution in [0.3, 0.4) is 0 Å². The number of fused-ring (bicyclic) bond motifs is 1. The van der Waals surface area contributed by atoms with Gasteiger partial charge in [0.25, 0.3) is 5.91 Å². The summed E-state index contributed by atoms with van der Waals surface area (Å²) in [5.74, 6) is 1.23. The highest BCUT2D eigenvalue weighted by molar-refractivity contribution is 8.07. The van der Waals surface area contributed by atoms with Crippen molar-refractivity contribution in [3.05, 3.63) is 144 Å². The molecule has 296 valence electrons. The van der Waals surface area contributed by atoms with Gasteiger partial charge in [0.2, 0.25) is 0 Å². The molecular weight excluding hydrogens is 769 g/mol. The minimum absolute atomic E-state index is 0.234. The minimum Gasteiger partial charge on any atom is -0.497 e. The average molecular weight is 812 g/mol. The van der Waals surface area contributed by atoms with Crippen molar-refractivity contribution in [3.8, 4) is 11.5 Å². The third-order valence-corrected chi connectivity index (χ3v) is 11.2. The van der Waals surface area contributed by atoms with Gasteiger partial charge in [-0.15, -0.1) is 0 Å². The molecule has 3 heterocycles. The number of hydrogen-bond donors (Lipinski definition) is 1. The summed E-state index contributed by atoms with van der Waals surface area (Å²) in [4.78, 5) is 26.5. The minimum atomic E-state index is -4.21. The van der Waals surface area contributed by atoms with Gasteiger partial charge in [0.1, 0.15) is 35.8 Å². The maximum Gasteiger partial charge on any atom is 0.366 e. The summed E-state index contributed by atoms with van der Waals surface area (Å²) in [5, 5.41) is 2.85. The van der Waals surface area contributed by atoms with Crippen LogP contribution < -0.4 is 14.8 Å². The summed E-state index contributed by atoms with van der Waals surface area (Å²) in [6.45, 7) is 0.653. The Kier molecular flexibility index (Phi) is 11.8. The molecule has 1 unspecified atom stereocenters. The fraction of sp³-hybridized carbons (Fsp3) is 0.286. The maximum absolute atomic E-state index is 15.8. The standard InChI is InChI=1S/C42H43FN5O7PS/c1-41(2,3)55-56(43,57)52-25-35-34(24-36(53-35)48-27-46-37-38(44-26-45-39(37)48)47-40(49)28-12-8-6-9-13-28)54-42(29-14-10-7-11-15-29,30-16-20-32(50-4)21-17-30)31-18-22-33(51-5)23-19-31/h6-23,26-27,34-36H,24-25H2,1-5H3,(H,44,45,47,49)/t34-,35+,36+,56?/m0/s1. The number of methoxy groups -OCH3 is 2. The lowest BCUT2D eigenvalue weighted by molar-refractivity contribution is -0.0973. The number of carbonyl (C=O) groups is 1. The Bertz CT molecular complexity index is 2300. The SMILES string of the molecule is COc1ccc(C(O[C@H]2C[C@H](n3cnc4c(NC(=O)c5ccccc5)ncnc43)O[C@@H]2COP(F)(=S)OC(C)(C)C)(c2ccccc2)c2ccc(OC)cc2)cc1. The first-order valence-electron chi connectivity index (χ1n) is 18.3. The highest BCUT2D eigenvalue weighted by atomic mass is 32.5. The van der Waals surface area contributed by atoms with Gasteiger partial charge in [0, 0.05) is 12.0 Å². The summed E-state index contributed by atoms with van der Waals surface area (Å²) >= 11 is 5.22. The van der Waals surface area contributed by atoms with Crippen molar-refractivity contribution >= 4 is 41.5 Å². The Morgan fingerprint density at radius 3 is 2.02 bits per heavy atom. The first-order valence-corrected chi connectivity index (χ1v) is 20.8. The Morgan fingerprint density at radius 2 is 1.44 bits per heavy atom. The number of benzene rings is 4. The number of anilines is 1. The quantitative estimate of drug-likeness (QED) is 0.0838. The van der Waals surface area contributed by atoms with Crippen LogP contribution in [0.25, 0.3) is 11.2 Å². The first-order chi connectivity index (χ1) is 27.4. The summed E-state index contributed by atoms with van der Waals surface area (Å²) in [6.07, 6.45) is 0.866. The number of hydrogen-bond acceptors (Lipinski definition) is 11. The van der Waals surface area contributed by atoms with Gasteiger partial charge in [-0.1, -0.05) is 72.8 Å². The van der Waals surface area contributed by atoms with Crippen molar-refractivity contribution in [2.24, 2.45) is 0 Å². The number of nitrogens with one attached hydrogen (secondary N) is 1. The van der Waals surface area contributed by atoms with Gasteiger partial charge in [0.05, 0.1) is 38.9 Å². The van der Waals surface area contributed by atoms with E-state index in [2.05, 4.69) is 20.3 Å². The van der Waals surface area contributed by atoms with Gasteiger partial charge in [0.15, 0.2) is 17.0 Å². The third-order valence-electron chi connectivity index (χ3n) is 9.39. The molecule has 4 aromatic carbocycles. The van der Waals surface area contributed by atoms with E-state index in [9.17, 15) is 4.79 Å². The number of imidazole rings is 1. The number of ether oxygens (including phenoxy) is 4. The Labute approximate surface area is 335 Å². The highest BCUT2D eigenvalue weighted by Crippen LogP contribution is 2.54. The van der Waals surface area contributed by atoms with Crippen LogP contribution in [0.1, 0.15) is 60.5 Å². The number of amides is 1. The number of carbonyl (C=O) groups excluding carboxylic acids is 1. The molecule has 4 atom stereocenters. The summed E-state index contributed by atoms with van der Waals surface area (Å²) in [7, 11) is 3.22. The molecule has 2 aromatic heterocycles. The van der Waals surface area contributed by atoms with Gasteiger partial charge in [-0.05, 0) is 85.7 Å². The van der Waals surface area contributed by atoms with Gasteiger partial charge in [-0.25, -0.2) is 15.0 Å². The molecule has 0 bridgehead atoms. The molecule has 1 fully saturated rings. The van der Waals surface area contributed by atoms with Crippen LogP contribution in [0.5, 0.6) is 11.5 Å². The molecule has 6 aromatic rings. The van der Waals surface area contributed by atoms with Crippen LogP contribution in [0, 0.1) is 0 Å².